The van der Waals surface area contributed by atoms with Crippen LogP contribution in [-0.4, -0.2) is 17.1 Å². The molecule has 0 radical (unpaired) electrons. The summed E-state index contributed by atoms with van der Waals surface area (Å²) in [7, 11) is 0. The van der Waals surface area contributed by atoms with Crippen molar-refractivity contribution < 1.29 is 4.79 Å². The first-order chi connectivity index (χ1) is 8.75. The van der Waals surface area contributed by atoms with Gasteiger partial charge in [0.05, 0.1) is 11.2 Å². The smallest absolute Gasteiger partial charge is 0.241 e. The quantitative estimate of drug-likeness (QED) is 0.694. The lowest BCUT2D eigenvalue weighted by Crippen LogP contribution is -2.53. The minimum atomic E-state index is -0.221. The first kappa shape index (κ1) is 12.5. The predicted molar refractivity (Wildman–Crippen MR) is 72.1 cm³/mol. The molecular formula is C15H26N2O. The van der Waals surface area contributed by atoms with Crippen LogP contribution in [0.4, 0.5) is 0 Å². The van der Waals surface area contributed by atoms with Gasteiger partial charge in [-0.25, -0.2) is 0 Å². The molecule has 18 heavy (non-hydrogen) atoms. The third-order valence-electron chi connectivity index (χ3n) is 5.18. The van der Waals surface area contributed by atoms with E-state index in [1.54, 1.807) is 0 Å². The van der Waals surface area contributed by atoms with Gasteiger partial charge in [0.25, 0.3) is 0 Å². The zero-order valence-corrected chi connectivity index (χ0v) is 11.4. The van der Waals surface area contributed by atoms with E-state index in [2.05, 4.69) is 10.6 Å². The zero-order chi connectivity index (χ0) is 12.5. The number of hydrogen-bond acceptors (Lipinski definition) is 2. The first-order valence-corrected chi connectivity index (χ1v) is 7.87. The number of carbonyl (C=O) groups excluding carboxylic acids is 1. The Morgan fingerprint density at radius 3 is 1.78 bits per heavy atom. The third-order valence-corrected chi connectivity index (χ3v) is 5.18. The summed E-state index contributed by atoms with van der Waals surface area (Å²) in [4.78, 5) is 12.5. The van der Waals surface area contributed by atoms with Gasteiger partial charge in [-0.15, -0.1) is 0 Å². The molecule has 2 aliphatic carbocycles. The van der Waals surface area contributed by atoms with Crippen LogP contribution < -0.4 is 10.6 Å². The molecule has 3 nitrogen and oxygen atoms in total. The number of nitrogens with one attached hydrogen (secondary N) is 2. The maximum Gasteiger partial charge on any atom is 0.241 e. The van der Waals surface area contributed by atoms with Crippen molar-refractivity contribution in [2.24, 2.45) is 0 Å². The van der Waals surface area contributed by atoms with Crippen molar-refractivity contribution in [2.45, 2.75) is 88.3 Å². The van der Waals surface area contributed by atoms with E-state index in [4.69, 9.17) is 0 Å². The molecule has 102 valence electrons. The standard InChI is InChI=1S/C15H26N2O/c18-13-14(9-5-1-2-6-10-14)17-15(16-13)11-7-3-4-8-12-15/h17H,1-12H2,(H,16,18). The van der Waals surface area contributed by atoms with Gasteiger partial charge in [0.1, 0.15) is 0 Å². The monoisotopic (exact) mass is 250 g/mol. The van der Waals surface area contributed by atoms with Crippen molar-refractivity contribution in [3.8, 4) is 0 Å². The Labute approximate surface area is 110 Å². The van der Waals surface area contributed by atoms with Gasteiger partial charge in [-0.2, -0.15) is 0 Å². The van der Waals surface area contributed by atoms with E-state index in [-0.39, 0.29) is 11.2 Å². The predicted octanol–water partition coefficient (Wildman–Crippen LogP) is 2.85. The van der Waals surface area contributed by atoms with Crippen molar-refractivity contribution >= 4 is 5.91 Å². The fraction of sp³-hybridized carbons (Fsp3) is 0.933. The Bertz CT molecular complexity index is 310. The lowest BCUT2D eigenvalue weighted by Gasteiger charge is -2.32. The SMILES string of the molecule is O=C1NC2(CCCCCC2)NC12CCCCCC2. The highest BCUT2D eigenvalue weighted by Gasteiger charge is 2.52. The summed E-state index contributed by atoms with van der Waals surface area (Å²) in [6.07, 6.45) is 14.5. The molecule has 0 unspecified atom stereocenters. The normalized spacial score (nSPS) is 31.0. The second-order valence-electron chi connectivity index (χ2n) is 6.57. The summed E-state index contributed by atoms with van der Waals surface area (Å²) < 4.78 is 0. The zero-order valence-electron chi connectivity index (χ0n) is 11.4. The van der Waals surface area contributed by atoms with Crippen LogP contribution >= 0.6 is 0 Å². The molecule has 0 bridgehead atoms. The van der Waals surface area contributed by atoms with Crippen LogP contribution in [0.3, 0.4) is 0 Å². The highest BCUT2D eigenvalue weighted by molar-refractivity contribution is 5.89. The van der Waals surface area contributed by atoms with Gasteiger partial charge < -0.3 is 5.32 Å². The van der Waals surface area contributed by atoms with Crippen molar-refractivity contribution in [2.75, 3.05) is 0 Å². The van der Waals surface area contributed by atoms with Crippen molar-refractivity contribution in [3.05, 3.63) is 0 Å². The molecule has 0 aromatic heterocycles. The number of hydrogen-bond donors (Lipinski definition) is 2. The summed E-state index contributed by atoms with van der Waals surface area (Å²) in [5, 5.41) is 7.14. The Balaban J connectivity index is 1.79. The highest BCUT2D eigenvalue weighted by atomic mass is 16.2. The first-order valence-electron chi connectivity index (χ1n) is 7.87. The molecule has 0 aromatic carbocycles. The average Bonchev–Trinajstić information content (AvgIpc) is 2.60. The van der Waals surface area contributed by atoms with E-state index in [1.807, 2.05) is 0 Å². The van der Waals surface area contributed by atoms with Gasteiger partial charge in [0.15, 0.2) is 0 Å². The van der Waals surface area contributed by atoms with Crippen molar-refractivity contribution in [3.63, 3.8) is 0 Å². The highest BCUT2D eigenvalue weighted by Crippen LogP contribution is 2.37. The number of amides is 1. The van der Waals surface area contributed by atoms with Crippen LogP contribution in [0.15, 0.2) is 0 Å². The average molecular weight is 250 g/mol. The summed E-state index contributed by atoms with van der Waals surface area (Å²) in [5.74, 6) is 0.298. The molecule has 2 saturated carbocycles. The van der Waals surface area contributed by atoms with Crippen LogP contribution in [0.2, 0.25) is 0 Å². The molecule has 3 fully saturated rings. The fourth-order valence-electron chi connectivity index (χ4n) is 4.15. The van der Waals surface area contributed by atoms with E-state index < -0.39 is 0 Å². The van der Waals surface area contributed by atoms with E-state index in [0.29, 0.717) is 5.91 Å². The molecular weight excluding hydrogens is 224 g/mol. The van der Waals surface area contributed by atoms with Crippen LogP contribution in [0.25, 0.3) is 0 Å². The summed E-state index contributed by atoms with van der Waals surface area (Å²) >= 11 is 0. The second-order valence-corrected chi connectivity index (χ2v) is 6.57. The van der Waals surface area contributed by atoms with Gasteiger partial charge in [-0.1, -0.05) is 38.5 Å². The van der Waals surface area contributed by atoms with E-state index in [9.17, 15) is 4.79 Å². The lowest BCUT2D eigenvalue weighted by atomic mass is 9.89. The molecule has 0 atom stereocenters. The van der Waals surface area contributed by atoms with Crippen molar-refractivity contribution in [1.29, 1.82) is 0 Å². The van der Waals surface area contributed by atoms with Gasteiger partial charge in [0, 0.05) is 0 Å². The second kappa shape index (κ2) is 4.84. The van der Waals surface area contributed by atoms with Crippen LogP contribution in [0.5, 0.6) is 0 Å². The van der Waals surface area contributed by atoms with Gasteiger partial charge in [-0.3, -0.25) is 10.1 Å². The molecule has 0 aromatic rings. The van der Waals surface area contributed by atoms with E-state index >= 15 is 0 Å². The summed E-state index contributed by atoms with van der Waals surface area (Å²) in [5.41, 5.74) is -0.279. The van der Waals surface area contributed by atoms with Crippen LogP contribution in [-0.2, 0) is 4.79 Å². The largest absolute Gasteiger partial charge is 0.336 e. The summed E-state index contributed by atoms with van der Waals surface area (Å²) in [6, 6.07) is 0. The van der Waals surface area contributed by atoms with Crippen LogP contribution in [0.1, 0.15) is 77.0 Å². The van der Waals surface area contributed by atoms with Crippen LogP contribution in [0, 0.1) is 0 Å². The van der Waals surface area contributed by atoms with E-state index in [0.717, 1.165) is 25.7 Å². The lowest BCUT2D eigenvalue weighted by molar-refractivity contribution is -0.124. The Hall–Kier alpha value is -0.570. The molecule has 1 heterocycles. The molecule has 1 aliphatic heterocycles. The number of carbonyl (C=O) groups is 1. The molecule has 3 heteroatoms. The molecule has 2 spiro atoms. The molecule has 3 aliphatic rings. The summed E-state index contributed by atoms with van der Waals surface area (Å²) in [6.45, 7) is 0. The molecule has 3 rings (SSSR count). The van der Waals surface area contributed by atoms with Gasteiger partial charge in [-0.05, 0) is 38.5 Å². The Morgan fingerprint density at radius 1 is 0.722 bits per heavy atom. The maximum absolute atomic E-state index is 12.5. The van der Waals surface area contributed by atoms with Gasteiger partial charge in [0.2, 0.25) is 5.91 Å². The molecule has 1 saturated heterocycles. The maximum atomic E-state index is 12.5. The molecule has 1 amide bonds. The van der Waals surface area contributed by atoms with E-state index in [1.165, 1.54) is 51.4 Å². The minimum absolute atomic E-state index is 0.0576. The van der Waals surface area contributed by atoms with Gasteiger partial charge >= 0.3 is 0 Å². The molecule has 2 N–H and O–H groups in total. The third kappa shape index (κ3) is 2.18. The number of rotatable bonds is 0. The minimum Gasteiger partial charge on any atom is -0.336 e. The fourth-order valence-corrected chi connectivity index (χ4v) is 4.15. The topological polar surface area (TPSA) is 41.1 Å². The van der Waals surface area contributed by atoms with Crippen molar-refractivity contribution in [1.82, 2.24) is 10.6 Å². The Morgan fingerprint density at radius 2 is 1.22 bits per heavy atom. The Kier molecular flexibility index (Phi) is 3.35.